The van der Waals surface area contributed by atoms with Crippen molar-refractivity contribution in [2.75, 3.05) is 7.11 Å². The van der Waals surface area contributed by atoms with Gasteiger partial charge in [0.2, 0.25) is 0 Å². The van der Waals surface area contributed by atoms with E-state index in [1.807, 2.05) is 18.2 Å². The predicted octanol–water partition coefficient (Wildman–Crippen LogP) is 3.44. The van der Waals surface area contributed by atoms with Crippen LogP contribution in [0.5, 0.6) is 5.75 Å². The minimum Gasteiger partial charge on any atom is -0.497 e. The molecule has 1 aromatic rings. The SMILES string of the molecule is COc1cccc(C2CCCCC2CC(=O)O)c1. The molecular formula is C15H20O3. The molecule has 0 amide bonds. The Bertz CT molecular complexity index is 414. The number of aliphatic carboxylic acids is 1. The molecule has 0 aromatic heterocycles. The van der Waals surface area contributed by atoms with Crippen LogP contribution < -0.4 is 4.74 Å². The summed E-state index contributed by atoms with van der Waals surface area (Å²) in [4.78, 5) is 10.9. The van der Waals surface area contributed by atoms with E-state index < -0.39 is 5.97 Å². The number of methoxy groups -OCH3 is 1. The molecule has 2 unspecified atom stereocenters. The van der Waals surface area contributed by atoms with Crippen molar-refractivity contribution in [3.63, 3.8) is 0 Å². The van der Waals surface area contributed by atoms with Crippen LogP contribution in [-0.4, -0.2) is 18.2 Å². The molecule has 1 N–H and O–H groups in total. The van der Waals surface area contributed by atoms with Gasteiger partial charge in [0, 0.05) is 6.42 Å². The van der Waals surface area contributed by atoms with Crippen LogP contribution in [0.15, 0.2) is 24.3 Å². The Balaban J connectivity index is 2.19. The molecule has 3 nitrogen and oxygen atoms in total. The van der Waals surface area contributed by atoms with Gasteiger partial charge in [-0.25, -0.2) is 0 Å². The molecule has 1 aliphatic carbocycles. The summed E-state index contributed by atoms with van der Waals surface area (Å²) in [5.74, 6) is 0.801. The number of carbonyl (C=O) groups is 1. The van der Waals surface area contributed by atoms with Crippen LogP contribution in [0.25, 0.3) is 0 Å². The number of rotatable bonds is 4. The highest BCUT2D eigenvalue weighted by atomic mass is 16.5. The Morgan fingerprint density at radius 1 is 1.39 bits per heavy atom. The van der Waals surface area contributed by atoms with E-state index in [1.165, 1.54) is 12.0 Å². The van der Waals surface area contributed by atoms with E-state index in [-0.39, 0.29) is 12.3 Å². The minimum absolute atomic E-state index is 0.267. The molecule has 3 heteroatoms. The lowest BCUT2D eigenvalue weighted by Crippen LogP contribution is -2.20. The van der Waals surface area contributed by atoms with E-state index in [0.29, 0.717) is 5.92 Å². The smallest absolute Gasteiger partial charge is 0.303 e. The summed E-state index contributed by atoms with van der Waals surface area (Å²) in [7, 11) is 1.66. The molecule has 0 radical (unpaired) electrons. The monoisotopic (exact) mass is 248 g/mol. The van der Waals surface area contributed by atoms with Crippen LogP contribution in [0.2, 0.25) is 0 Å². The molecule has 1 saturated carbocycles. The summed E-state index contributed by atoms with van der Waals surface area (Å²) in [6.45, 7) is 0. The summed E-state index contributed by atoms with van der Waals surface area (Å²) in [6.07, 6.45) is 4.73. The molecular weight excluding hydrogens is 228 g/mol. The zero-order valence-corrected chi connectivity index (χ0v) is 10.8. The summed E-state index contributed by atoms with van der Waals surface area (Å²) in [5, 5.41) is 9.01. The van der Waals surface area contributed by atoms with E-state index in [1.54, 1.807) is 7.11 Å². The van der Waals surface area contributed by atoms with Gasteiger partial charge in [0.1, 0.15) is 5.75 Å². The fourth-order valence-corrected chi connectivity index (χ4v) is 2.99. The second-order valence-corrected chi connectivity index (χ2v) is 5.03. The van der Waals surface area contributed by atoms with Gasteiger partial charge in [-0.1, -0.05) is 25.0 Å². The standard InChI is InChI=1S/C15H20O3/c1-18-13-7-4-6-11(9-13)14-8-3-2-5-12(14)10-15(16)17/h4,6-7,9,12,14H,2-3,5,8,10H2,1H3,(H,16,17). The van der Waals surface area contributed by atoms with Crippen LogP contribution in [0.3, 0.4) is 0 Å². The lowest BCUT2D eigenvalue weighted by atomic mass is 9.74. The average molecular weight is 248 g/mol. The molecule has 0 saturated heterocycles. The Morgan fingerprint density at radius 2 is 2.17 bits per heavy atom. The largest absolute Gasteiger partial charge is 0.497 e. The van der Waals surface area contributed by atoms with Crippen LogP contribution in [0, 0.1) is 5.92 Å². The van der Waals surface area contributed by atoms with Crippen molar-refractivity contribution in [3.8, 4) is 5.75 Å². The number of benzene rings is 1. The Kier molecular flexibility index (Phi) is 4.24. The highest BCUT2D eigenvalue weighted by Gasteiger charge is 2.28. The number of carboxylic acid groups (broad SMARTS) is 1. The van der Waals surface area contributed by atoms with Crippen molar-refractivity contribution in [2.45, 2.75) is 38.0 Å². The zero-order valence-electron chi connectivity index (χ0n) is 10.8. The lowest BCUT2D eigenvalue weighted by Gasteiger charge is -2.31. The predicted molar refractivity (Wildman–Crippen MR) is 69.9 cm³/mol. The molecule has 0 bridgehead atoms. The van der Waals surface area contributed by atoms with Crippen molar-refractivity contribution in [1.29, 1.82) is 0 Å². The first kappa shape index (κ1) is 12.9. The maximum absolute atomic E-state index is 10.9. The van der Waals surface area contributed by atoms with Crippen LogP contribution in [0.1, 0.15) is 43.6 Å². The molecule has 0 aliphatic heterocycles. The summed E-state index contributed by atoms with van der Waals surface area (Å²) >= 11 is 0. The molecule has 2 atom stereocenters. The number of hydrogen-bond acceptors (Lipinski definition) is 2. The third kappa shape index (κ3) is 3.03. The highest BCUT2D eigenvalue weighted by Crippen LogP contribution is 2.40. The van der Waals surface area contributed by atoms with Gasteiger partial charge in [0.25, 0.3) is 0 Å². The Hall–Kier alpha value is -1.51. The fourth-order valence-electron chi connectivity index (χ4n) is 2.99. The number of ether oxygens (including phenoxy) is 1. The summed E-state index contributed by atoms with van der Waals surface area (Å²) in [5.41, 5.74) is 1.22. The van der Waals surface area contributed by atoms with Crippen LogP contribution >= 0.6 is 0 Å². The quantitative estimate of drug-likeness (QED) is 0.887. The van der Waals surface area contributed by atoms with Crippen molar-refractivity contribution >= 4 is 5.97 Å². The molecule has 0 heterocycles. The molecule has 2 rings (SSSR count). The first-order valence-electron chi connectivity index (χ1n) is 6.56. The van der Waals surface area contributed by atoms with Gasteiger partial charge >= 0.3 is 5.97 Å². The topological polar surface area (TPSA) is 46.5 Å². The lowest BCUT2D eigenvalue weighted by molar-refractivity contribution is -0.138. The van der Waals surface area contributed by atoms with Gasteiger partial charge in [-0.05, 0) is 42.4 Å². The van der Waals surface area contributed by atoms with Gasteiger partial charge in [-0.3, -0.25) is 4.79 Å². The molecule has 0 spiro atoms. The zero-order chi connectivity index (χ0) is 13.0. The van der Waals surface area contributed by atoms with Gasteiger partial charge in [-0.2, -0.15) is 0 Å². The van der Waals surface area contributed by atoms with Gasteiger partial charge in [-0.15, -0.1) is 0 Å². The van der Waals surface area contributed by atoms with Crippen LogP contribution in [-0.2, 0) is 4.79 Å². The second-order valence-electron chi connectivity index (χ2n) is 5.03. The first-order valence-corrected chi connectivity index (χ1v) is 6.56. The molecule has 98 valence electrons. The molecule has 1 fully saturated rings. The third-order valence-corrected chi connectivity index (χ3v) is 3.87. The minimum atomic E-state index is -0.685. The molecule has 18 heavy (non-hydrogen) atoms. The third-order valence-electron chi connectivity index (χ3n) is 3.87. The normalized spacial score (nSPS) is 23.6. The summed E-state index contributed by atoms with van der Waals surface area (Å²) in [6, 6.07) is 8.05. The van der Waals surface area contributed by atoms with E-state index in [4.69, 9.17) is 9.84 Å². The highest BCUT2D eigenvalue weighted by molar-refractivity contribution is 5.67. The Morgan fingerprint density at radius 3 is 2.89 bits per heavy atom. The van der Waals surface area contributed by atoms with Gasteiger partial charge in [0.05, 0.1) is 7.11 Å². The van der Waals surface area contributed by atoms with E-state index in [9.17, 15) is 4.79 Å². The summed E-state index contributed by atoms with van der Waals surface area (Å²) < 4.78 is 5.25. The van der Waals surface area contributed by atoms with E-state index >= 15 is 0 Å². The van der Waals surface area contributed by atoms with Crippen LogP contribution in [0.4, 0.5) is 0 Å². The van der Waals surface area contributed by atoms with Crippen molar-refractivity contribution in [2.24, 2.45) is 5.92 Å². The Labute approximate surface area is 108 Å². The van der Waals surface area contributed by atoms with Crippen molar-refractivity contribution in [3.05, 3.63) is 29.8 Å². The maximum atomic E-state index is 10.9. The fraction of sp³-hybridized carbons (Fsp3) is 0.533. The number of carboxylic acids is 1. The van der Waals surface area contributed by atoms with Crippen molar-refractivity contribution in [1.82, 2.24) is 0 Å². The maximum Gasteiger partial charge on any atom is 0.303 e. The van der Waals surface area contributed by atoms with Crippen molar-refractivity contribution < 1.29 is 14.6 Å². The van der Waals surface area contributed by atoms with Gasteiger partial charge in [0.15, 0.2) is 0 Å². The molecule has 1 aliphatic rings. The molecule has 1 aromatic carbocycles. The average Bonchev–Trinajstić information content (AvgIpc) is 2.39. The van der Waals surface area contributed by atoms with Gasteiger partial charge < -0.3 is 9.84 Å². The second kappa shape index (κ2) is 5.89. The number of hydrogen-bond donors (Lipinski definition) is 1. The van der Waals surface area contributed by atoms with E-state index in [2.05, 4.69) is 6.07 Å². The van der Waals surface area contributed by atoms with E-state index in [0.717, 1.165) is 25.0 Å². The first-order chi connectivity index (χ1) is 8.70.